The number of thiazole rings is 1. The van der Waals surface area contributed by atoms with Gasteiger partial charge < -0.3 is 0 Å². The summed E-state index contributed by atoms with van der Waals surface area (Å²) in [5, 5.41) is 3.24. The van der Waals surface area contributed by atoms with Crippen molar-refractivity contribution in [1.82, 2.24) is 4.98 Å². The summed E-state index contributed by atoms with van der Waals surface area (Å²) in [6.07, 6.45) is 4.74. The molecule has 0 N–H and O–H groups in total. The molecule has 5 heteroatoms. The molecule has 1 aliphatic rings. The van der Waals surface area contributed by atoms with Crippen molar-refractivity contribution in [2.45, 2.75) is 49.7 Å². The number of nitrogens with zero attached hydrogens (tertiary/aromatic N) is 1. The van der Waals surface area contributed by atoms with Crippen LogP contribution in [0.25, 0.3) is 9.88 Å². The van der Waals surface area contributed by atoms with Crippen molar-refractivity contribution in [2.75, 3.05) is 6.26 Å². The Kier molecular flexibility index (Phi) is 4.01. The third kappa shape index (κ3) is 2.71. The van der Waals surface area contributed by atoms with Crippen molar-refractivity contribution in [1.29, 1.82) is 0 Å². The number of Topliss-reactive ketones (excluding diaryl/α,β-unsaturated/α-hetero) is 1. The molecule has 0 spiro atoms. The van der Waals surface area contributed by atoms with E-state index in [-0.39, 0.29) is 5.41 Å². The van der Waals surface area contributed by atoms with Crippen molar-refractivity contribution in [2.24, 2.45) is 0 Å². The molecular formula is C16H19NOS3. The van der Waals surface area contributed by atoms with E-state index < -0.39 is 0 Å². The second-order valence-electron chi connectivity index (χ2n) is 6.34. The van der Waals surface area contributed by atoms with Gasteiger partial charge in [0, 0.05) is 22.8 Å². The molecule has 0 radical (unpaired) electrons. The van der Waals surface area contributed by atoms with Gasteiger partial charge >= 0.3 is 0 Å². The van der Waals surface area contributed by atoms with E-state index in [2.05, 4.69) is 32.4 Å². The fraction of sp³-hybridized carbons (Fsp3) is 0.500. The van der Waals surface area contributed by atoms with Gasteiger partial charge in [-0.3, -0.25) is 4.79 Å². The first-order valence-electron chi connectivity index (χ1n) is 7.11. The maximum atomic E-state index is 12.3. The summed E-state index contributed by atoms with van der Waals surface area (Å²) < 4.78 is 1.16. The summed E-state index contributed by atoms with van der Waals surface area (Å²) in [5.74, 6) is 0.315. The van der Waals surface area contributed by atoms with Crippen LogP contribution in [0.3, 0.4) is 0 Å². The van der Waals surface area contributed by atoms with E-state index in [9.17, 15) is 4.79 Å². The predicted octanol–water partition coefficient (Wildman–Crippen LogP) is 5.41. The maximum Gasteiger partial charge on any atom is 0.165 e. The first-order valence-corrected chi connectivity index (χ1v) is 10.0. The molecule has 2 heterocycles. The lowest BCUT2D eigenvalue weighted by molar-refractivity contribution is 0.0970. The van der Waals surface area contributed by atoms with Gasteiger partial charge in [0.25, 0.3) is 0 Å². The lowest BCUT2D eigenvalue weighted by atomic mass is 9.92. The molecule has 3 rings (SSSR count). The molecule has 112 valence electrons. The maximum absolute atomic E-state index is 12.3. The van der Waals surface area contributed by atoms with Gasteiger partial charge in [-0.2, -0.15) is 0 Å². The van der Waals surface area contributed by atoms with Gasteiger partial charge in [-0.1, -0.05) is 20.8 Å². The molecule has 0 saturated heterocycles. The normalized spacial score (nSPS) is 15.3. The molecule has 0 bridgehead atoms. The van der Waals surface area contributed by atoms with Gasteiger partial charge in [0.1, 0.15) is 5.01 Å². The Morgan fingerprint density at radius 2 is 2.05 bits per heavy atom. The minimum absolute atomic E-state index is 0.0736. The number of thiophene rings is 1. The molecule has 2 nitrogen and oxygen atoms in total. The van der Waals surface area contributed by atoms with Crippen LogP contribution in [0.4, 0.5) is 0 Å². The molecular weight excluding hydrogens is 318 g/mol. The first kappa shape index (κ1) is 15.3. The Bertz CT molecular complexity index is 691. The van der Waals surface area contributed by atoms with Crippen LogP contribution < -0.4 is 0 Å². The van der Waals surface area contributed by atoms with Crippen LogP contribution in [0, 0.1) is 0 Å². The largest absolute Gasteiger partial charge is 0.294 e. The average molecular weight is 338 g/mol. The lowest BCUT2D eigenvalue weighted by Gasteiger charge is -2.14. The highest BCUT2D eigenvalue weighted by molar-refractivity contribution is 8.00. The summed E-state index contributed by atoms with van der Waals surface area (Å²) in [5.41, 5.74) is 3.44. The number of rotatable bonds is 2. The second kappa shape index (κ2) is 5.52. The molecule has 21 heavy (non-hydrogen) atoms. The SMILES string of the molecule is CSc1sc(-c2nc(C(C)(C)C)cs2)c2c1C(=O)CCC2. The average Bonchev–Trinajstić information content (AvgIpc) is 3.02. The zero-order valence-electron chi connectivity index (χ0n) is 12.8. The summed E-state index contributed by atoms with van der Waals surface area (Å²) in [6, 6.07) is 0. The monoisotopic (exact) mass is 337 g/mol. The van der Waals surface area contributed by atoms with E-state index in [1.165, 1.54) is 10.4 Å². The van der Waals surface area contributed by atoms with Gasteiger partial charge in [0.2, 0.25) is 0 Å². The van der Waals surface area contributed by atoms with Gasteiger partial charge in [0.15, 0.2) is 5.78 Å². The van der Waals surface area contributed by atoms with Crippen molar-refractivity contribution >= 4 is 40.2 Å². The summed E-state index contributed by atoms with van der Waals surface area (Å²) in [7, 11) is 0. The summed E-state index contributed by atoms with van der Waals surface area (Å²) >= 11 is 5.14. The number of ketones is 1. The summed E-state index contributed by atoms with van der Waals surface area (Å²) in [6.45, 7) is 6.56. The molecule has 0 saturated carbocycles. The van der Waals surface area contributed by atoms with Gasteiger partial charge in [-0.05, 0) is 24.7 Å². The molecule has 0 aliphatic heterocycles. The van der Waals surface area contributed by atoms with Crippen molar-refractivity contribution in [3.8, 4) is 9.88 Å². The standard InChI is InChI=1S/C16H19NOS3/c1-16(2,3)11-8-20-14(17-11)13-9-6-5-7-10(18)12(9)15(19-4)21-13/h8H,5-7H2,1-4H3. The molecule has 0 amide bonds. The topological polar surface area (TPSA) is 30.0 Å². The molecule has 0 aromatic carbocycles. The zero-order valence-corrected chi connectivity index (χ0v) is 15.2. The van der Waals surface area contributed by atoms with Gasteiger partial charge in [0.05, 0.1) is 14.8 Å². The first-order chi connectivity index (χ1) is 9.91. The van der Waals surface area contributed by atoms with Gasteiger partial charge in [-0.25, -0.2) is 4.98 Å². The number of carbonyl (C=O) groups excluding carboxylic acids is 1. The quantitative estimate of drug-likeness (QED) is 0.686. The van der Waals surface area contributed by atoms with Crippen LogP contribution in [0.5, 0.6) is 0 Å². The molecule has 0 unspecified atom stereocenters. The number of fused-ring (bicyclic) bond motifs is 1. The van der Waals surface area contributed by atoms with Gasteiger partial charge in [-0.15, -0.1) is 34.4 Å². The molecule has 0 fully saturated rings. The number of hydrogen-bond donors (Lipinski definition) is 0. The minimum Gasteiger partial charge on any atom is -0.294 e. The minimum atomic E-state index is 0.0736. The molecule has 2 aromatic heterocycles. The third-order valence-electron chi connectivity index (χ3n) is 3.74. The van der Waals surface area contributed by atoms with Crippen molar-refractivity contribution < 1.29 is 4.79 Å². The zero-order chi connectivity index (χ0) is 15.2. The lowest BCUT2D eigenvalue weighted by Crippen LogP contribution is -2.11. The smallest absolute Gasteiger partial charge is 0.165 e. The predicted molar refractivity (Wildman–Crippen MR) is 93.2 cm³/mol. The Balaban J connectivity index is 2.11. The van der Waals surface area contributed by atoms with E-state index in [1.807, 2.05) is 0 Å². The Morgan fingerprint density at radius 1 is 1.29 bits per heavy atom. The van der Waals surface area contributed by atoms with E-state index in [4.69, 9.17) is 4.98 Å². The number of aromatic nitrogens is 1. The highest BCUT2D eigenvalue weighted by Gasteiger charge is 2.28. The third-order valence-corrected chi connectivity index (χ3v) is 7.08. The van der Waals surface area contributed by atoms with Crippen molar-refractivity contribution in [3.05, 3.63) is 22.2 Å². The Morgan fingerprint density at radius 3 is 2.67 bits per heavy atom. The van der Waals surface area contributed by atoms with E-state index in [0.29, 0.717) is 12.2 Å². The van der Waals surface area contributed by atoms with Crippen LogP contribution >= 0.6 is 34.4 Å². The number of thioether (sulfide) groups is 1. The Hall–Kier alpha value is -0.650. The molecule has 2 aromatic rings. The van der Waals surface area contributed by atoms with E-state index in [0.717, 1.165) is 33.3 Å². The fourth-order valence-electron chi connectivity index (χ4n) is 2.55. The van der Waals surface area contributed by atoms with Crippen LogP contribution in [-0.4, -0.2) is 17.0 Å². The molecule has 0 atom stereocenters. The Labute approximate surface area is 138 Å². The van der Waals surface area contributed by atoms with Crippen LogP contribution in [0.15, 0.2) is 9.59 Å². The van der Waals surface area contributed by atoms with Crippen molar-refractivity contribution in [3.63, 3.8) is 0 Å². The number of carbonyl (C=O) groups is 1. The van der Waals surface area contributed by atoms with E-state index in [1.54, 1.807) is 34.4 Å². The van der Waals surface area contributed by atoms with Crippen LogP contribution in [0.2, 0.25) is 0 Å². The second-order valence-corrected chi connectivity index (χ2v) is 9.29. The highest BCUT2D eigenvalue weighted by atomic mass is 32.2. The molecule has 1 aliphatic carbocycles. The summed E-state index contributed by atoms with van der Waals surface area (Å²) in [4.78, 5) is 18.3. The van der Waals surface area contributed by atoms with Crippen LogP contribution in [0.1, 0.15) is 55.2 Å². The fourth-order valence-corrected chi connectivity index (χ4v) is 5.84. The van der Waals surface area contributed by atoms with E-state index >= 15 is 0 Å². The number of hydrogen-bond acceptors (Lipinski definition) is 5. The highest BCUT2D eigenvalue weighted by Crippen LogP contribution is 2.45. The van der Waals surface area contributed by atoms with Crippen LogP contribution in [-0.2, 0) is 11.8 Å².